The summed E-state index contributed by atoms with van der Waals surface area (Å²) in [5.74, 6) is 0.993. The summed E-state index contributed by atoms with van der Waals surface area (Å²) in [4.78, 5) is 30.3. The Balaban J connectivity index is 1.48. The minimum Gasteiger partial charge on any atom is -0.353 e. The average Bonchev–Trinajstić information content (AvgIpc) is 2.88. The summed E-state index contributed by atoms with van der Waals surface area (Å²) in [5, 5.41) is 4.86. The highest BCUT2D eigenvalue weighted by Gasteiger charge is 2.41. The van der Waals surface area contributed by atoms with Gasteiger partial charge in [0.15, 0.2) is 0 Å². The molecule has 3 fully saturated rings. The van der Waals surface area contributed by atoms with Crippen LogP contribution < -0.4 is 4.90 Å². The van der Waals surface area contributed by atoms with Gasteiger partial charge in [0.2, 0.25) is 5.91 Å². The second kappa shape index (κ2) is 6.29. The monoisotopic (exact) mass is 364 g/mol. The first-order valence-corrected chi connectivity index (χ1v) is 9.23. The predicted octanol–water partition coefficient (Wildman–Crippen LogP) is 1.95. The smallest absolute Gasteiger partial charge is 0.263 e. The van der Waals surface area contributed by atoms with E-state index in [0.717, 1.165) is 42.0 Å². The molecule has 0 radical (unpaired) electrons. The van der Waals surface area contributed by atoms with E-state index in [1.54, 1.807) is 6.20 Å². The fraction of sp³-hybridized carbons (Fsp3) is 0.421. The summed E-state index contributed by atoms with van der Waals surface area (Å²) in [6, 6.07) is 5.96. The molecule has 2 bridgehead atoms. The first-order chi connectivity index (χ1) is 13.2. The highest BCUT2D eigenvalue weighted by molar-refractivity contribution is 5.89. The fourth-order valence-electron chi connectivity index (χ4n) is 4.23. The number of carbonyl (C=O) groups excluding carboxylic acids is 1. The maximum Gasteiger partial charge on any atom is 0.263 e. The molecule has 138 valence electrons. The molecule has 0 aliphatic carbocycles. The van der Waals surface area contributed by atoms with Crippen LogP contribution in [0.3, 0.4) is 0 Å². The maximum absolute atomic E-state index is 13.1. The zero-order valence-corrected chi connectivity index (χ0v) is 15.1. The Bertz CT molecular complexity index is 988. The van der Waals surface area contributed by atoms with Crippen LogP contribution >= 0.6 is 0 Å². The van der Waals surface area contributed by atoms with Crippen molar-refractivity contribution in [2.75, 3.05) is 18.0 Å². The van der Waals surface area contributed by atoms with E-state index in [0.29, 0.717) is 18.8 Å². The van der Waals surface area contributed by atoms with Crippen molar-refractivity contribution in [2.24, 2.45) is 5.92 Å². The zero-order valence-electron chi connectivity index (χ0n) is 15.1. The van der Waals surface area contributed by atoms with Crippen molar-refractivity contribution in [3.63, 3.8) is 0 Å². The number of rotatable bonds is 3. The van der Waals surface area contributed by atoms with Gasteiger partial charge < -0.3 is 14.3 Å². The van der Waals surface area contributed by atoms with Crippen molar-refractivity contribution in [1.29, 1.82) is 0 Å². The molecular weight excluding hydrogens is 344 g/mol. The number of anilines is 1. The molecule has 3 aliphatic heterocycles. The molecule has 8 heteroatoms. The van der Waals surface area contributed by atoms with Crippen LogP contribution in [0.5, 0.6) is 0 Å². The maximum atomic E-state index is 13.1. The molecule has 27 heavy (non-hydrogen) atoms. The van der Waals surface area contributed by atoms with Gasteiger partial charge in [-0.3, -0.25) is 9.78 Å². The number of aromatic nitrogens is 4. The SMILES string of the molecule is Cc1noc2ncnc(N3CC4CCC(C3)N(Cc3ccccn3)C4=O)c12. The standard InChI is InChI=1S/C19H20N6O2/c1-12-16-17(21-11-22-18(16)27-23-12)24-8-13-5-6-15(10-24)25(19(13)26)9-14-4-2-3-7-20-14/h2-4,7,11,13,15H,5-6,8-10H2,1H3. The summed E-state index contributed by atoms with van der Waals surface area (Å²) in [5.41, 5.74) is 2.18. The van der Waals surface area contributed by atoms with Gasteiger partial charge in [0.05, 0.1) is 23.9 Å². The predicted molar refractivity (Wildman–Crippen MR) is 97.8 cm³/mol. The number of hydrogen-bond donors (Lipinski definition) is 0. The summed E-state index contributed by atoms with van der Waals surface area (Å²) < 4.78 is 5.29. The highest BCUT2D eigenvalue weighted by Crippen LogP contribution is 2.34. The summed E-state index contributed by atoms with van der Waals surface area (Å²) in [6.07, 6.45) is 5.18. The molecule has 3 aliphatic rings. The third kappa shape index (κ3) is 2.72. The first kappa shape index (κ1) is 16.2. The molecule has 0 N–H and O–H groups in total. The number of pyridine rings is 1. The summed E-state index contributed by atoms with van der Waals surface area (Å²) in [6.45, 7) is 3.85. The fourth-order valence-corrected chi connectivity index (χ4v) is 4.23. The third-order valence-electron chi connectivity index (χ3n) is 5.57. The number of nitrogens with zero attached hydrogens (tertiary/aromatic N) is 6. The van der Waals surface area contributed by atoms with E-state index in [1.807, 2.05) is 30.0 Å². The highest BCUT2D eigenvalue weighted by atomic mass is 16.5. The molecule has 0 aromatic carbocycles. The first-order valence-electron chi connectivity index (χ1n) is 9.23. The number of amides is 1. The van der Waals surface area contributed by atoms with Crippen LogP contribution in [0.15, 0.2) is 35.2 Å². The lowest BCUT2D eigenvalue weighted by Crippen LogP contribution is -2.47. The molecule has 0 spiro atoms. The number of carbonyl (C=O) groups is 1. The lowest BCUT2D eigenvalue weighted by Gasteiger charge is -2.35. The van der Waals surface area contributed by atoms with Crippen LogP contribution in [0.25, 0.3) is 11.1 Å². The Hall–Kier alpha value is -3.03. The minimum atomic E-state index is -0.0300. The molecule has 3 aromatic heterocycles. The Labute approximate surface area is 156 Å². The van der Waals surface area contributed by atoms with Gasteiger partial charge in [0.25, 0.3) is 5.71 Å². The average molecular weight is 364 g/mol. The van der Waals surface area contributed by atoms with Crippen molar-refractivity contribution in [3.8, 4) is 0 Å². The molecular formula is C19H20N6O2. The van der Waals surface area contributed by atoms with Crippen LogP contribution in [0.4, 0.5) is 5.82 Å². The van der Waals surface area contributed by atoms with E-state index in [2.05, 4.69) is 25.0 Å². The van der Waals surface area contributed by atoms with Crippen molar-refractivity contribution in [2.45, 2.75) is 32.4 Å². The van der Waals surface area contributed by atoms with E-state index in [1.165, 1.54) is 6.33 Å². The van der Waals surface area contributed by atoms with Crippen LogP contribution in [0.1, 0.15) is 24.2 Å². The van der Waals surface area contributed by atoms with Gasteiger partial charge in [-0.05, 0) is 31.9 Å². The molecule has 6 heterocycles. The second-order valence-electron chi connectivity index (χ2n) is 7.27. The van der Waals surface area contributed by atoms with E-state index < -0.39 is 0 Å². The summed E-state index contributed by atoms with van der Waals surface area (Å²) >= 11 is 0. The third-order valence-corrected chi connectivity index (χ3v) is 5.57. The van der Waals surface area contributed by atoms with Gasteiger partial charge in [-0.25, -0.2) is 4.98 Å². The molecule has 2 atom stereocenters. The van der Waals surface area contributed by atoms with Gasteiger partial charge >= 0.3 is 0 Å². The summed E-state index contributed by atoms with van der Waals surface area (Å²) in [7, 11) is 0. The number of hydrogen-bond acceptors (Lipinski definition) is 7. The Morgan fingerprint density at radius 3 is 2.96 bits per heavy atom. The quantitative estimate of drug-likeness (QED) is 0.702. The largest absolute Gasteiger partial charge is 0.353 e. The normalized spacial score (nSPS) is 22.5. The van der Waals surface area contributed by atoms with Gasteiger partial charge in [-0.1, -0.05) is 11.2 Å². The lowest BCUT2D eigenvalue weighted by molar-refractivity contribution is -0.140. The Morgan fingerprint density at radius 2 is 2.11 bits per heavy atom. The molecule has 3 saturated heterocycles. The zero-order chi connectivity index (χ0) is 18.4. The van der Waals surface area contributed by atoms with E-state index in [9.17, 15) is 4.79 Å². The van der Waals surface area contributed by atoms with Gasteiger partial charge in [0.1, 0.15) is 17.5 Å². The van der Waals surface area contributed by atoms with E-state index in [4.69, 9.17) is 4.52 Å². The number of fused-ring (bicyclic) bond motifs is 5. The number of piperidine rings is 1. The van der Waals surface area contributed by atoms with Crippen molar-refractivity contribution >= 4 is 22.8 Å². The van der Waals surface area contributed by atoms with Gasteiger partial charge in [-0.2, -0.15) is 4.98 Å². The van der Waals surface area contributed by atoms with E-state index >= 15 is 0 Å². The van der Waals surface area contributed by atoms with Crippen molar-refractivity contribution in [1.82, 2.24) is 25.0 Å². The van der Waals surface area contributed by atoms with Gasteiger partial charge in [0, 0.05) is 25.3 Å². The molecule has 3 aromatic rings. The molecule has 8 nitrogen and oxygen atoms in total. The molecule has 0 saturated carbocycles. The van der Waals surface area contributed by atoms with Crippen LogP contribution in [-0.2, 0) is 11.3 Å². The van der Waals surface area contributed by atoms with Crippen LogP contribution in [-0.4, -0.2) is 50.0 Å². The van der Waals surface area contributed by atoms with Crippen LogP contribution in [0, 0.1) is 12.8 Å². The lowest BCUT2D eigenvalue weighted by atomic mass is 9.94. The Morgan fingerprint density at radius 1 is 1.19 bits per heavy atom. The number of aryl methyl sites for hydroxylation is 1. The molecule has 6 rings (SSSR count). The Kier molecular flexibility index (Phi) is 3.77. The molecule has 1 amide bonds. The second-order valence-corrected chi connectivity index (χ2v) is 7.27. The van der Waals surface area contributed by atoms with Crippen molar-refractivity contribution in [3.05, 3.63) is 42.1 Å². The van der Waals surface area contributed by atoms with Crippen molar-refractivity contribution < 1.29 is 9.32 Å². The van der Waals surface area contributed by atoms with Gasteiger partial charge in [-0.15, -0.1) is 0 Å². The topological polar surface area (TPSA) is 88.2 Å². The van der Waals surface area contributed by atoms with E-state index in [-0.39, 0.29) is 17.9 Å². The minimum absolute atomic E-state index is 0.0300. The molecule has 2 unspecified atom stereocenters. The van der Waals surface area contributed by atoms with Crippen LogP contribution in [0.2, 0.25) is 0 Å².